The van der Waals surface area contributed by atoms with Crippen molar-refractivity contribution in [1.82, 2.24) is 0 Å². The summed E-state index contributed by atoms with van der Waals surface area (Å²) in [7, 11) is 2.57. The fourth-order valence-corrected chi connectivity index (χ4v) is 2.02. The van der Waals surface area contributed by atoms with Gasteiger partial charge in [0.15, 0.2) is 11.5 Å². The van der Waals surface area contributed by atoms with Crippen LogP contribution in [0.15, 0.2) is 36.4 Å². The van der Waals surface area contributed by atoms with Crippen molar-refractivity contribution in [2.45, 2.75) is 6.61 Å². The maximum atomic E-state index is 13.2. The lowest BCUT2D eigenvalue weighted by molar-refractivity contribution is -0.0515. The lowest BCUT2D eigenvalue weighted by atomic mass is 10.1. The van der Waals surface area contributed by atoms with Gasteiger partial charge >= 0.3 is 6.61 Å². The van der Waals surface area contributed by atoms with Gasteiger partial charge in [0.2, 0.25) is 0 Å². The molecule has 24 heavy (non-hydrogen) atoms. The third-order valence-corrected chi connectivity index (χ3v) is 3.06. The molecule has 0 aliphatic carbocycles. The Morgan fingerprint density at radius 3 is 2.42 bits per heavy atom. The number of carbonyl (C=O) groups is 1. The smallest absolute Gasteiger partial charge is 0.387 e. The number of para-hydroxylation sites is 1. The Morgan fingerprint density at radius 1 is 1.08 bits per heavy atom. The molecule has 0 radical (unpaired) electrons. The second kappa shape index (κ2) is 7.58. The number of carbonyl (C=O) groups excluding carboxylic acids is 1. The van der Waals surface area contributed by atoms with E-state index in [-0.39, 0.29) is 22.7 Å². The van der Waals surface area contributed by atoms with Gasteiger partial charge in [-0.05, 0) is 24.3 Å². The highest BCUT2D eigenvalue weighted by Gasteiger charge is 2.21. The van der Waals surface area contributed by atoms with Gasteiger partial charge in [0.25, 0.3) is 5.91 Å². The number of hydrogen-bond acceptors (Lipinski definition) is 4. The highest BCUT2D eigenvalue weighted by Crippen LogP contribution is 2.34. The summed E-state index contributed by atoms with van der Waals surface area (Å²) in [6.45, 7) is -3.13. The molecular formula is C16H14F3NO4. The van der Waals surface area contributed by atoms with Crippen molar-refractivity contribution in [1.29, 1.82) is 0 Å². The van der Waals surface area contributed by atoms with Gasteiger partial charge in [-0.1, -0.05) is 6.07 Å². The van der Waals surface area contributed by atoms with E-state index in [9.17, 15) is 18.0 Å². The Labute approximate surface area is 135 Å². The first-order chi connectivity index (χ1) is 11.5. The van der Waals surface area contributed by atoms with Crippen molar-refractivity contribution in [3.8, 4) is 17.2 Å². The molecule has 0 heterocycles. The van der Waals surface area contributed by atoms with Crippen LogP contribution in [0.2, 0.25) is 0 Å². The van der Waals surface area contributed by atoms with Crippen LogP contribution in [0.4, 0.5) is 18.9 Å². The van der Waals surface area contributed by atoms with Gasteiger partial charge in [-0.2, -0.15) is 8.78 Å². The molecule has 0 spiro atoms. The van der Waals surface area contributed by atoms with Crippen LogP contribution in [-0.2, 0) is 0 Å². The number of benzene rings is 2. The number of hydrogen-bond donors (Lipinski definition) is 1. The molecule has 1 N–H and O–H groups in total. The molecule has 0 fully saturated rings. The normalized spacial score (nSPS) is 10.4. The van der Waals surface area contributed by atoms with Crippen LogP contribution >= 0.6 is 0 Å². The number of methoxy groups -OCH3 is 2. The van der Waals surface area contributed by atoms with E-state index in [1.807, 2.05) is 0 Å². The van der Waals surface area contributed by atoms with Gasteiger partial charge < -0.3 is 19.5 Å². The van der Waals surface area contributed by atoms with Crippen molar-refractivity contribution < 1.29 is 32.2 Å². The zero-order chi connectivity index (χ0) is 17.7. The molecule has 0 atom stereocenters. The summed E-state index contributed by atoms with van der Waals surface area (Å²) in [6, 6.07) is 7.63. The number of halogens is 3. The second-order valence-electron chi connectivity index (χ2n) is 4.51. The summed E-state index contributed by atoms with van der Waals surface area (Å²) in [4.78, 5) is 12.4. The number of ether oxygens (including phenoxy) is 3. The first kappa shape index (κ1) is 17.5. The van der Waals surface area contributed by atoms with Crippen LogP contribution < -0.4 is 19.5 Å². The number of nitrogens with one attached hydrogen (secondary N) is 1. The van der Waals surface area contributed by atoms with E-state index in [1.54, 1.807) is 0 Å². The van der Waals surface area contributed by atoms with E-state index in [0.29, 0.717) is 0 Å². The highest BCUT2D eigenvalue weighted by atomic mass is 19.3. The zero-order valence-corrected chi connectivity index (χ0v) is 12.8. The molecule has 0 bridgehead atoms. The molecule has 2 aromatic carbocycles. The first-order valence-electron chi connectivity index (χ1n) is 6.73. The SMILES string of the molecule is COc1cc(F)ccc1NC(=O)c1cccc(OC)c1OC(F)F. The molecular weight excluding hydrogens is 327 g/mol. The molecule has 1 amide bonds. The third kappa shape index (κ3) is 3.89. The van der Waals surface area contributed by atoms with E-state index in [1.165, 1.54) is 38.5 Å². The Hall–Kier alpha value is -2.90. The van der Waals surface area contributed by atoms with Crippen LogP contribution in [0.1, 0.15) is 10.4 Å². The predicted molar refractivity (Wildman–Crippen MR) is 80.5 cm³/mol. The van der Waals surface area contributed by atoms with Crippen LogP contribution in [-0.4, -0.2) is 26.7 Å². The summed E-state index contributed by atoms with van der Waals surface area (Å²) < 4.78 is 52.7. The largest absolute Gasteiger partial charge is 0.494 e. The van der Waals surface area contributed by atoms with Crippen LogP contribution in [0.25, 0.3) is 0 Å². The zero-order valence-electron chi connectivity index (χ0n) is 12.8. The first-order valence-corrected chi connectivity index (χ1v) is 6.73. The van der Waals surface area contributed by atoms with Gasteiger partial charge in [-0.3, -0.25) is 4.79 Å². The van der Waals surface area contributed by atoms with Gasteiger partial charge in [-0.15, -0.1) is 0 Å². The summed E-state index contributed by atoms with van der Waals surface area (Å²) in [5.74, 6) is -1.62. The second-order valence-corrected chi connectivity index (χ2v) is 4.51. The van der Waals surface area contributed by atoms with Crippen LogP contribution in [0.3, 0.4) is 0 Å². The highest BCUT2D eigenvalue weighted by molar-refractivity contribution is 6.07. The quantitative estimate of drug-likeness (QED) is 0.870. The molecule has 0 aliphatic heterocycles. The maximum absolute atomic E-state index is 13.2. The summed E-state index contributed by atoms with van der Waals surface area (Å²) in [5.41, 5.74) is 0.00995. The molecule has 2 aromatic rings. The van der Waals surface area contributed by atoms with Gasteiger partial charge in [0.1, 0.15) is 11.6 Å². The van der Waals surface area contributed by atoms with E-state index in [4.69, 9.17) is 9.47 Å². The third-order valence-electron chi connectivity index (χ3n) is 3.06. The van der Waals surface area contributed by atoms with Crippen molar-refractivity contribution in [3.63, 3.8) is 0 Å². The minimum atomic E-state index is -3.13. The number of rotatable bonds is 6. The topological polar surface area (TPSA) is 56.8 Å². The Balaban J connectivity index is 2.36. The number of anilines is 1. The standard InChI is InChI=1S/C16H14F3NO4/c1-22-12-5-3-4-10(14(12)24-16(18)19)15(21)20-11-7-6-9(17)8-13(11)23-2/h3-8,16H,1-2H3,(H,20,21). The van der Waals surface area contributed by atoms with E-state index in [2.05, 4.69) is 10.1 Å². The van der Waals surface area contributed by atoms with Gasteiger partial charge in [0, 0.05) is 6.07 Å². The Bertz CT molecular complexity index is 737. The van der Waals surface area contributed by atoms with Crippen LogP contribution in [0.5, 0.6) is 17.2 Å². The van der Waals surface area contributed by atoms with Gasteiger partial charge in [0.05, 0.1) is 25.5 Å². The molecule has 0 aliphatic rings. The van der Waals surface area contributed by atoms with E-state index >= 15 is 0 Å². The Kier molecular flexibility index (Phi) is 5.51. The molecule has 128 valence electrons. The molecule has 8 heteroatoms. The van der Waals surface area contributed by atoms with Crippen molar-refractivity contribution >= 4 is 11.6 Å². The lowest BCUT2D eigenvalue weighted by Crippen LogP contribution is -2.16. The fraction of sp³-hybridized carbons (Fsp3) is 0.188. The van der Waals surface area contributed by atoms with E-state index in [0.717, 1.165) is 12.1 Å². The molecule has 5 nitrogen and oxygen atoms in total. The molecule has 0 saturated heterocycles. The molecule has 2 rings (SSSR count). The van der Waals surface area contributed by atoms with Crippen LogP contribution in [0, 0.1) is 5.82 Å². The minimum Gasteiger partial charge on any atom is -0.494 e. The summed E-state index contributed by atoms with van der Waals surface area (Å²) in [6.07, 6.45) is 0. The van der Waals surface area contributed by atoms with Crippen molar-refractivity contribution in [2.75, 3.05) is 19.5 Å². The molecule has 0 saturated carbocycles. The van der Waals surface area contributed by atoms with E-state index < -0.39 is 24.1 Å². The Morgan fingerprint density at radius 2 is 1.79 bits per heavy atom. The lowest BCUT2D eigenvalue weighted by Gasteiger charge is -2.15. The van der Waals surface area contributed by atoms with Crippen molar-refractivity contribution in [3.05, 3.63) is 47.8 Å². The average molecular weight is 341 g/mol. The number of alkyl halides is 2. The monoisotopic (exact) mass is 341 g/mol. The number of amides is 1. The fourth-order valence-electron chi connectivity index (χ4n) is 2.02. The average Bonchev–Trinajstić information content (AvgIpc) is 2.56. The predicted octanol–water partition coefficient (Wildman–Crippen LogP) is 3.70. The van der Waals surface area contributed by atoms with Gasteiger partial charge in [-0.25, -0.2) is 4.39 Å². The summed E-state index contributed by atoms with van der Waals surface area (Å²) >= 11 is 0. The maximum Gasteiger partial charge on any atom is 0.387 e. The van der Waals surface area contributed by atoms with Crippen molar-refractivity contribution in [2.24, 2.45) is 0 Å². The molecule has 0 unspecified atom stereocenters. The molecule has 0 aromatic heterocycles. The summed E-state index contributed by atoms with van der Waals surface area (Å²) in [5, 5.41) is 2.46. The minimum absolute atomic E-state index is 0.0194.